The van der Waals surface area contributed by atoms with E-state index in [0.717, 1.165) is 24.2 Å². The maximum Gasteiger partial charge on any atom is 0.141 e. The molecule has 1 atom stereocenters. The molecule has 2 aliphatic rings. The predicted molar refractivity (Wildman–Crippen MR) is 108 cm³/mol. The van der Waals surface area contributed by atoms with Crippen molar-refractivity contribution in [1.82, 2.24) is 4.90 Å². The van der Waals surface area contributed by atoms with E-state index in [2.05, 4.69) is 4.90 Å². The summed E-state index contributed by atoms with van der Waals surface area (Å²) in [5.41, 5.74) is 1.31. The first-order valence-electron chi connectivity index (χ1n) is 9.00. The Morgan fingerprint density at radius 1 is 1.25 bits per heavy atom. The fourth-order valence-electron chi connectivity index (χ4n) is 3.52. The largest absolute Gasteiger partial charge is 0.379 e. The molecule has 0 saturated carbocycles. The van der Waals surface area contributed by atoms with E-state index in [-0.39, 0.29) is 11.4 Å². The van der Waals surface area contributed by atoms with Gasteiger partial charge in [-0.05, 0) is 42.0 Å². The molecule has 0 radical (unpaired) electrons. The lowest BCUT2D eigenvalue weighted by Crippen LogP contribution is -2.46. The summed E-state index contributed by atoms with van der Waals surface area (Å²) in [5.74, 6) is -0.264. The second kappa shape index (κ2) is 9.16. The van der Waals surface area contributed by atoms with Gasteiger partial charge in [0.25, 0.3) is 0 Å². The normalized spacial score (nSPS) is 21.6. The van der Waals surface area contributed by atoms with Crippen molar-refractivity contribution in [2.75, 3.05) is 39.1 Å². The van der Waals surface area contributed by atoms with Crippen molar-refractivity contribution >= 4 is 18.0 Å². The molecule has 2 heterocycles. The molecule has 7 heteroatoms. The molecule has 1 aromatic rings. The Labute approximate surface area is 168 Å². The number of nitrogens with zero attached hydrogens (tertiary/aromatic N) is 4. The Balaban J connectivity index is 1.95. The number of thioether (sulfide) groups is 1. The van der Waals surface area contributed by atoms with E-state index in [0.29, 0.717) is 31.1 Å². The van der Waals surface area contributed by atoms with Gasteiger partial charge in [-0.25, -0.2) is 4.39 Å². The second-order valence-electron chi connectivity index (χ2n) is 6.73. The molecule has 0 bridgehead atoms. The number of halogens is 1. The van der Waals surface area contributed by atoms with Gasteiger partial charge in [0.1, 0.15) is 29.1 Å². The highest BCUT2D eigenvalue weighted by atomic mass is 32.2. The van der Waals surface area contributed by atoms with E-state index in [1.54, 1.807) is 12.1 Å². The Hall–Kier alpha value is -2.45. The minimum Gasteiger partial charge on any atom is -0.379 e. The molecule has 0 aromatic heterocycles. The summed E-state index contributed by atoms with van der Waals surface area (Å²) in [4.78, 5) is 7.70. The number of nitriles is 2. The number of hydrogen-bond donors (Lipinski definition) is 0. The van der Waals surface area contributed by atoms with Crippen LogP contribution in [-0.2, 0) is 11.2 Å². The Bertz CT molecular complexity index is 872. The van der Waals surface area contributed by atoms with Gasteiger partial charge in [-0.3, -0.25) is 9.89 Å². The summed E-state index contributed by atoms with van der Waals surface area (Å²) < 4.78 is 18.6. The van der Waals surface area contributed by atoms with Gasteiger partial charge in [-0.1, -0.05) is 12.1 Å². The molecule has 28 heavy (non-hydrogen) atoms. The quantitative estimate of drug-likeness (QED) is 0.691. The van der Waals surface area contributed by atoms with Crippen LogP contribution >= 0.6 is 11.8 Å². The maximum atomic E-state index is 13.2. The fourth-order valence-corrected chi connectivity index (χ4v) is 4.34. The van der Waals surface area contributed by atoms with Crippen molar-refractivity contribution in [3.8, 4) is 12.1 Å². The van der Waals surface area contributed by atoms with E-state index >= 15 is 0 Å². The highest BCUT2D eigenvalue weighted by molar-refractivity contribution is 8.02. The lowest BCUT2D eigenvalue weighted by atomic mass is 9.93. The van der Waals surface area contributed by atoms with Crippen molar-refractivity contribution in [2.45, 2.75) is 12.0 Å². The summed E-state index contributed by atoms with van der Waals surface area (Å²) in [6, 6.07) is 10.4. The van der Waals surface area contributed by atoms with Crippen LogP contribution in [0.1, 0.15) is 5.56 Å². The Morgan fingerprint density at radius 2 is 1.93 bits per heavy atom. The molecule has 1 unspecified atom stereocenters. The Kier molecular flexibility index (Phi) is 6.64. The molecule has 1 fully saturated rings. The van der Waals surface area contributed by atoms with E-state index in [4.69, 9.17) is 9.73 Å². The van der Waals surface area contributed by atoms with Crippen LogP contribution in [0.3, 0.4) is 0 Å². The van der Waals surface area contributed by atoms with Crippen molar-refractivity contribution < 1.29 is 9.13 Å². The summed E-state index contributed by atoms with van der Waals surface area (Å²) >= 11 is 1.39. The molecule has 1 aromatic carbocycles. The minimum absolute atomic E-state index is 0.0946. The minimum atomic E-state index is -0.757. The van der Waals surface area contributed by atoms with Gasteiger partial charge in [0.05, 0.1) is 13.2 Å². The fraction of sp³-hybridized carbons (Fsp3) is 0.381. The highest BCUT2D eigenvalue weighted by Gasteiger charge is 2.39. The lowest BCUT2D eigenvalue weighted by molar-refractivity contribution is 0.0338. The van der Waals surface area contributed by atoms with Crippen LogP contribution in [0.2, 0.25) is 0 Å². The lowest BCUT2D eigenvalue weighted by Gasteiger charge is -2.35. The van der Waals surface area contributed by atoms with Gasteiger partial charge in [0.15, 0.2) is 0 Å². The molecule has 0 spiro atoms. The van der Waals surface area contributed by atoms with Crippen LogP contribution in [0.25, 0.3) is 0 Å². The monoisotopic (exact) mass is 396 g/mol. The van der Waals surface area contributed by atoms with Crippen LogP contribution < -0.4 is 0 Å². The standard InChI is InChI=1S/C21H21FN4OS/c1-28-20(18(12-23)13-24)21(15-26-6-8-27-9-7-26)11-17(14-25-21)10-16-2-4-19(22)5-3-16/h2-5,11,14H,6-10,15H2,1H3. The molecular weight excluding hydrogens is 375 g/mol. The van der Waals surface area contributed by atoms with Crippen LogP contribution in [0.4, 0.5) is 4.39 Å². The number of rotatable bonds is 6. The van der Waals surface area contributed by atoms with E-state index < -0.39 is 5.54 Å². The molecule has 0 amide bonds. The van der Waals surface area contributed by atoms with Gasteiger partial charge in [-0.15, -0.1) is 11.8 Å². The zero-order valence-corrected chi connectivity index (χ0v) is 16.5. The van der Waals surface area contributed by atoms with Gasteiger partial charge in [-0.2, -0.15) is 10.5 Å². The van der Waals surface area contributed by atoms with Crippen molar-refractivity contribution in [1.29, 1.82) is 10.5 Å². The first-order valence-corrected chi connectivity index (χ1v) is 10.2. The number of allylic oxidation sites excluding steroid dienone is 2. The molecule has 2 aliphatic heterocycles. The van der Waals surface area contributed by atoms with E-state index in [1.807, 2.05) is 30.7 Å². The third-order valence-corrected chi connectivity index (χ3v) is 5.79. The molecule has 3 rings (SSSR count). The molecule has 0 aliphatic carbocycles. The third kappa shape index (κ3) is 4.51. The third-order valence-electron chi connectivity index (χ3n) is 4.82. The van der Waals surface area contributed by atoms with Crippen molar-refractivity contribution in [3.05, 3.63) is 57.8 Å². The maximum absolute atomic E-state index is 13.2. The van der Waals surface area contributed by atoms with Gasteiger partial charge in [0, 0.05) is 30.8 Å². The summed E-state index contributed by atoms with van der Waals surface area (Å²) in [5, 5.41) is 18.9. The van der Waals surface area contributed by atoms with Crippen LogP contribution in [0, 0.1) is 28.5 Å². The van der Waals surface area contributed by atoms with Gasteiger partial charge >= 0.3 is 0 Å². The smallest absolute Gasteiger partial charge is 0.141 e. The summed E-state index contributed by atoms with van der Waals surface area (Å²) in [7, 11) is 0. The Morgan fingerprint density at radius 3 is 2.54 bits per heavy atom. The van der Waals surface area contributed by atoms with Crippen molar-refractivity contribution in [2.24, 2.45) is 4.99 Å². The zero-order chi connectivity index (χ0) is 20.0. The average Bonchev–Trinajstić information content (AvgIpc) is 3.11. The first-order chi connectivity index (χ1) is 13.6. The van der Waals surface area contributed by atoms with E-state index in [9.17, 15) is 14.9 Å². The van der Waals surface area contributed by atoms with Crippen LogP contribution in [-0.4, -0.2) is 55.8 Å². The number of aliphatic imine (C=N–C) groups is 1. The van der Waals surface area contributed by atoms with Crippen molar-refractivity contribution in [3.63, 3.8) is 0 Å². The molecule has 1 saturated heterocycles. The predicted octanol–water partition coefficient (Wildman–Crippen LogP) is 3.11. The highest BCUT2D eigenvalue weighted by Crippen LogP contribution is 2.38. The topological polar surface area (TPSA) is 72.4 Å². The van der Waals surface area contributed by atoms with E-state index in [1.165, 1.54) is 23.9 Å². The number of hydrogen-bond acceptors (Lipinski definition) is 6. The second-order valence-corrected chi connectivity index (χ2v) is 7.54. The number of morpholine rings is 1. The first kappa shape index (κ1) is 20.3. The zero-order valence-electron chi connectivity index (χ0n) is 15.7. The van der Waals surface area contributed by atoms with Gasteiger partial charge < -0.3 is 4.74 Å². The van der Waals surface area contributed by atoms with Gasteiger partial charge in [0.2, 0.25) is 0 Å². The molecule has 0 N–H and O–H groups in total. The van der Waals surface area contributed by atoms with Crippen LogP contribution in [0.15, 0.2) is 51.4 Å². The average molecular weight is 396 g/mol. The molecule has 144 valence electrons. The summed E-state index contributed by atoms with van der Waals surface area (Å²) in [6.07, 6.45) is 6.34. The molecular formula is C21H21FN4OS. The number of benzene rings is 1. The number of ether oxygens (including phenoxy) is 1. The molecule has 5 nitrogen and oxygen atoms in total. The SMILES string of the molecule is CSC(=C(C#N)C#N)C1(CN2CCOCC2)C=C(Cc2ccc(F)cc2)C=N1. The summed E-state index contributed by atoms with van der Waals surface area (Å²) in [6.45, 7) is 3.48. The van der Waals surface area contributed by atoms with Crippen LogP contribution in [0.5, 0.6) is 0 Å².